The van der Waals surface area contributed by atoms with E-state index < -0.39 is 0 Å². The van der Waals surface area contributed by atoms with Gasteiger partial charge in [0.05, 0.1) is 0 Å². The predicted molar refractivity (Wildman–Crippen MR) is 53.6 cm³/mol. The Morgan fingerprint density at radius 1 is 1.31 bits per heavy atom. The standard InChI is InChI=1S/C10H20N2O/c11-10-4-7-12(8-5-10)6-2-1-3-9-13/h9-10H,1-8,11H2. The summed E-state index contributed by atoms with van der Waals surface area (Å²) in [5.41, 5.74) is 5.80. The Balaban J connectivity index is 1.99. The molecule has 76 valence electrons. The first kappa shape index (κ1) is 10.7. The van der Waals surface area contributed by atoms with Crippen molar-refractivity contribution >= 4 is 6.29 Å². The zero-order valence-corrected chi connectivity index (χ0v) is 8.24. The minimum atomic E-state index is 0.422. The van der Waals surface area contributed by atoms with Crippen LogP contribution in [0.4, 0.5) is 0 Å². The molecule has 1 aliphatic heterocycles. The number of hydrogen-bond acceptors (Lipinski definition) is 3. The third kappa shape index (κ3) is 4.39. The van der Waals surface area contributed by atoms with Gasteiger partial charge in [-0.25, -0.2) is 0 Å². The summed E-state index contributed by atoms with van der Waals surface area (Å²) in [6.07, 6.45) is 6.17. The Morgan fingerprint density at radius 3 is 2.62 bits per heavy atom. The normalized spacial score (nSPS) is 20.4. The van der Waals surface area contributed by atoms with Gasteiger partial charge < -0.3 is 15.4 Å². The number of nitrogens with zero attached hydrogens (tertiary/aromatic N) is 1. The highest BCUT2D eigenvalue weighted by Crippen LogP contribution is 2.09. The molecule has 1 saturated heterocycles. The molecule has 1 fully saturated rings. The summed E-state index contributed by atoms with van der Waals surface area (Å²) >= 11 is 0. The minimum absolute atomic E-state index is 0.422. The Kier molecular flexibility index (Phi) is 5.01. The van der Waals surface area contributed by atoms with Crippen LogP contribution in [0.25, 0.3) is 0 Å². The monoisotopic (exact) mass is 184 g/mol. The van der Waals surface area contributed by atoms with Crippen LogP contribution in [0.15, 0.2) is 0 Å². The molecule has 1 heterocycles. The van der Waals surface area contributed by atoms with Gasteiger partial charge in [0.15, 0.2) is 0 Å². The molecule has 0 bridgehead atoms. The van der Waals surface area contributed by atoms with Gasteiger partial charge in [0.25, 0.3) is 0 Å². The maximum atomic E-state index is 10.1. The number of hydrogen-bond donors (Lipinski definition) is 1. The van der Waals surface area contributed by atoms with E-state index in [1.807, 2.05) is 0 Å². The summed E-state index contributed by atoms with van der Waals surface area (Å²) < 4.78 is 0. The second-order valence-corrected chi connectivity index (χ2v) is 3.84. The SMILES string of the molecule is NC1CCN(CCCCC=O)CC1. The van der Waals surface area contributed by atoms with Gasteiger partial charge in [-0.15, -0.1) is 0 Å². The van der Waals surface area contributed by atoms with E-state index in [-0.39, 0.29) is 0 Å². The van der Waals surface area contributed by atoms with Crippen LogP contribution < -0.4 is 5.73 Å². The van der Waals surface area contributed by atoms with Crippen molar-refractivity contribution in [2.24, 2.45) is 5.73 Å². The molecule has 0 radical (unpaired) electrons. The molecule has 3 heteroatoms. The highest BCUT2D eigenvalue weighted by Gasteiger charge is 2.14. The molecule has 0 atom stereocenters. The van der Waals surface area contributed by atoms with E-state index >= 15 is 0 Å². The van der Waals surface area contributed by atoms with Crippen LogP contribution in [-0.2, 0) is 4.79 Å². The number of aldehydes is 1. The van der Waals surface area contributed by atoms with Crippen LogP contribution in [0, 0.1) is 0 Å². The van der Waals surface area contributed by atoms with Gasteiger partial charge in [-0.05, 0) is 45.3 Å². The summed E-state index contributed by atoms with van der Waals surface area (Å²) in [6.45, 7) is 3.42. The van der Waals surface area contributed by atoms with E-state index in [1.165, 1.54) is 0 Å². The third-order valence-electron chi connectivity index (χ3n) is 2.68. The van der Waals surface area contributed by atoms with Gasteiger partial charge in [0.2, 0.25) is 0 Å². The molecule has 0 aliphatic carbocycles. The molecular formula is C10H20N2O. The molecule has 0 amide bonds. The molecule has 2 N–H and O–H groups in total. The molecular weight excluding hydrogens is 164 g/mol. The second kappa shape index (κ2) is 6.11. The maximum Gasteiger partial charge on any atom is 0.119 e. The summed E-state index contributed by atoms with van der Waals surface area (Å²) in [4.78, 5) is 12.5. The summed E-state index contributed by atoms with van der Waals surface area (Å²) in [5.74, 6) is 0. The molecule has 3 nitrogen and oxygen atoms in total. The first-order valence-electron chi connectivity index (χ1n) is 5.24. The van der Waals surface area contributed by atoms with E-state index in [0.717, 1.165) is 51.6 Å². The van der Waals surface area contributed by atoms with Crippen molar-refractivity contribution in [2.45, 2.75) is 38.1 Å². The van der Waals surface area contributed by atoms with Crippen LogP contribution in [0.1, 0.15) is 32.1 Å². The lowest BCUT2D eigenvalue weighted by Crippen LogP contribution is -2.39. The van der Waals surface area contributed by atoms with Crippen LogP contribution in [0.2, 0.25) is 0 Å². The number of unbranched alkanes of at least 4 members (excludes halogenated alkanes) is 2. The Hall–Kier alpha value is -0.410. The van der Waals surface area contributed by atoms with E-state index in [1.54, 1.807) is 0 Å². The Labute approximate surface area is 80.3 Å². The second-order valence-electron chi connectivity index (χ2n) is 3.84. The van der Waals surface area contributed by atoms with Crippen molar-refractivity contribution in [3.8, 4) is 0 Å². The minimum Gasteiger partial charge on any atom is -0.328 e. The fraction of sp³-hybridized carbons (Fsp3) is 0.900. The number of carbonyl (C=O) groups is 1. The van der Waals surface area contributed by atoms with Crippen molar-refractivity contribution in [3.05, 3.63) is 0 Å². The molecule has 0 aromatic carbocycles. The van der Waals surface area contributed by atoms with Gasteiger partial charge in [0.1, 0.15) is 6.29 Å². The van der Waals surface area contributed by atoms with Gasteiger partial charge in [-0.3, -0.25) is 0 Å². The van der Waals surface area contributed by atoms with Gasteiger partial charge in [0, 0.05) is 12.5 Å². The maximum absolute atomic E-state index is 10.1. The lowest BCUT2D eigenvalue weighted by Gasteiger charge is -2.29. The summed E-state index contributed by atoms with van der Waals surface area (Å²) in [6, 6.07) is 0.422. The topological polar surface area (TPSA) is 46.3 Å². The average molecular weight is 184 g/mol. The van der Waals surface area contributed by atoms with Gasteiger partial charge in [-0.2, -0.15) is 0 Å². The first-order chi connectivity index (χ1) is 6.33. The molecule has 0 saturated carbocycles. The van der Waals surface area contributed by atoms with E-state index in [9.17, 15) is 4.79 Å². The number of carbonyl (C=O) groups excluding carboxylic acids is 1. The molecule has 13 heavy (non-hydrogen) atoms. The van der Waals surface area contributed by atoms with Gasteiger partial charge in [-0.1, -0.05) is 0 Å². The zero-order valence-electron chi connectivity index (χ0n) is 8.24. The molecule has 0 aromatic rings. The molecule has 0 aromatic heterocycles. The largest absolute Gasteiger partial charge is 0.328 e. The Morgan fingerprint density at radius 2 is 2.00 bits per heavy atom. The third-order valence-corrected chi connectivity index (χ3v) is 2.68. The van der Waals surface area contributed by atoms with Crippen LogP contribution in [0.5, 0.6) is 0 Å². The molecule has 1 aliphatic rings. The average Bonchev–Trinajstić information content (AvgIpc) is 2.15. The van der Waals surface area contributed by atoms with E-state index in [0.29, 0.717) is 12.5 Å². The lowest BCUT2D eigenvalue weighted by atomic mass is 10.1. The van der Waals surface area contributed by atoms with Gasteiger partial charge >= 0.3 is 0 Å². The number of nitrogens with two attached hydrogens (primary N) is 1. The van der Waals surface area contributed by atoms with E-state index in [4.69, 9.17) is 5.73 Å². The van der Waals surface area contributed by atoms with Crippen LogP contribution >= 0.6 is 0 Å². The fourth-order valence-corrected chi connectivity index (χ4v) is 1.74. The number of piperidine rings is 1. The Bertz CT molecular complexity index is 142. The zero-order chi connectivity index (χ0) is 9.52. The molecule has 0 unspecified atom stereocenters. The molecule has 0 spiro atoms. The molecule has 1 rings (SSSR count). The van der Waals surface area contributed by atoms with Crippen molar-refractivity contribution in [1.29, 1.82) is 0 Å². The summed E-state index contributed by atoms with van der Waals surface area (Å²) in [7, 11) is 0. The van der Waals surface area contributed by atoms with Crippen molar-refractivity contribution in [3.63, 3.8) is 0 Å². The lowest BCUT2D eigenvalue weighted by molar-refractivity contribution is -0.107. The van der Waals surface area contributed by atoms with Crippen LogP contribution in [0.3, 0.4) is 0 Å². The first-order valence-corrected chi connectivity index (χ1v) is 5.24. The number of rotatable bonds is 5. The van der Waals surface area contributed by atoms with Crippen molar-refractivity contribution < 1.29 is 4.79 Å². The quantitative estimate of drug-likeness (QED) is 0.507. The highest BCUT2D eigenvalue weighted by molar-refractivity contribution is 5.48. The fourth-order valence-electron chi connectivity index (χ4n) is 1.74. The highest BCUT2D eigenvalue weighted by atomic mass is 16.1. The van der Waals surface area contributed by atoms with Crippen molar-refractivity contribution in [2.75, 3.05) is 19.6 Å². The van der Waals surface area contributed by atoms with Crippen LogP contribution in [-0.4, -0.2) is 36.9 Å². The summed E-state index contributed by atoms with van der Waals surface area (Å²) in [5, 5.41) is 0. The van der Waals surface area contributed by atoms with Crippen molar-refractivity contribution in [1.82, 2.24) is 4.90 Å². The predicted octanol–water partition coefficient (Wildman–Crippen LogP) is 0.779. The smallest absolute Gasteiger partial charge is 0.119 e. The number of likely N-dealkylation sites (tertiary alicyclic amines) is 1. The van der Waals surface area contributed by atoms with E-state index in [2.05, 4.69) is 4.90 Å².